The summed E-state index contributed by atoms with van der Waals surface area (Å²) in [4.78, 5) is 0. The van der Waals surface area contributed by atoms with Gasteiger partial charge >= 0.3 is 0 Å². The molecule has 0 aromatic rings. The summed E-state index contributed by atoms with van der Waals surface area (Å²) in [5.41, 5.74) is 0. The highest BCUT2D eigenvalue weighted by Gasteiger charge is 2.16. The second-order valence-electron chi connectivity index (χ2n) is 4.05. The Balaban J connectivity index is 3.72. The van der Waals surface area contributed by atoms with E-state index < -0.39 is 15.8 Å². The van der Waals surface area contributed by atoms with Crippen LogP contribution in [0.15, 0.2) is 0 Å². The van der Waals surface area contributed by atoms with E-state index in [1.165, 1.54) is 0 Å². The molecule has 15 heavy (non-hydrogen) atoms. The van der Waals surface area contributed by atoms with Crippen LogP contribution in [0.2, 0.25) is 0 Å². The maximum atomic E-state index is 10.6. The average molecular weight is 275 g/mol. The zero-order valence-electron chi connectivity index (χ0n) is 9.29. The second kappa shape index (κ2) is 8.80. The summed E-state index contributed by atoms with van der Waals surface area (Å²) in [7, 11) is 0. The fourth-order valence-electron chi connectivity index (χ4n) is 1.46. The molecule has 92 valence electrons. The Kier molecular flexibility index (Phi) is 9.20. The van der Waals surface area contributed by atoms with Crippen molar-refractivity contribution in [3.05, 3.63) is 0 Å². The first kappa shape index (κ1) is 15.7. The molecule has 0 fully saturated rings. The zero-order chi connectivity index (χ0) is 11.8. The van der Waals surface area contributed by atoms with Crippen LogP contribution in [-0.2, 0) is 11.1 Å². The molecule has 5 heteroatoms. The van der Waals surface area contributed by atoms with E-state index in [1.807, 2.05) is 0 Å². The van der Waals surface area contributed by atoms with E-state index in [0.29, 0.717) is 24.1 Å². The van der Waals surface area contributed by atoms with Gasteiger partial charge in [-0.2, -0.15) is 0 Å². The van der Waals surface area contributed by atoms with E-state index >= 15 is 0 Å². The summed E-state index contributed by atoms with van der Waals surface area (Å²) < 4.78 is 18.7. The van der Waals surface area contributed by atoms with Crippen molar-refractivity contribution >= 4 is 34.3 Å². The molecule has 0 saturated heterocycles. The topological polar surface area (TPSA) is 37.3 Å². The fraction of sp³-hybridized carbons (Fsp3) is 1.00. The maximum Gasteiger partial charge on any atom is 0.171 e. The van der Waals surface area contributed by atoms with Crippen molar-refractivity contribution in [1.29, 1.82) is 0 Å². The molecule has 2 nitrogen and oxygen atoms in total. The van der Waals surface area contributed by atoms with Crippen LogP contribution in [0.4, 0.5) is 0 Å². The first-order chi connectivity index (χ1) is 6.99. The Labute approximate surface area is 105 Å². The van der Waals surface area contributed by atoms with Gasteiger partial charge in [0, 0.05) is 5.88 Å². The van der Waals surface area contributed by atoms with Gasteiger partial charge < -0.3 is 4.55 Å². The zero-order valence-corrected chi connectivity index (χ0v) is 11.6. The molecule has 0 rings (SSSR count). The van der Waals surface area contributed by atoms with Crippen LogP contribution in [0.1, 0.15) is 39.5 Å². The Bertz CT molecular complexity index is 190. The molecule has 0 saturated carbocycles. The Hall–Kier alpha value is 0.690. The fourth-order valence-corrected chi connectivity index (χ4v) is 2.08. The third-order valence-corrected chi connectivity index (χ3v) is 4.45. The summed E-state index contributed by atoms with van der Waals surface area (Å²) in [5.74, 6) is 1.83. The minimum Gasteiger partial charge on any atom is -0.305 e. The third-order valence-electron chi connectivity index (χ3n) is 2.83. The Morgan fingerprint density at radius 1 is 1.20 bits per heavy atom. The van der Waals surface area contributed by atoms with Gasteiger partial charge in [0.1, 0.15) is 4.71 Å². The minimum absolute atomic E-state index is 0.526. The van der Waals surface area contributed by atoms with Gasteiger partial charge in [-0.1, -0.05) is 13.8 Å². The van der Waals surface area contributed by atoms with Gasteiger partial charge in [-0.05, 0) is 37.5 Å². The number of hydrogen-bond acceptors (Lipinski definition) is 1. The van der Waals surface area contributed by atoms with Crippen molar-refractivity contribution in [2.24, 2.45) is 11.8 Å². The largest absolute Gasteiger partial charge is 0.305 e. The molecule has 0 aliphatic heterocycles. The molecule has 0 amide bonds. The maximum absolute atomic E-state index is 10.6. The summed E-state index contributed by atoms with van der Waals surface area (Å²) in [5, 5.41) is 0. The smallest absolute Gasteiger partial charge is 0.171 e. The summed E-state index contributed by atoms with van der Waals surface area (Å²) in [6.45, 7) is 4.35. The lowest BCUT2D eigenvalue weighted by molar-refractivity contribution is 0.337. The van der Waals surface area contributed by atoms with Gasteiger partial charge in [0.15, 0.2) is 11.1 Å². The molecule has 0 bridgehead atoms. The van der Waals surface area contributed by atoms with Crippen molar-refractivity contribution in [1.82, 2.24) is 0 Å². The minimum atomic E-state index is -1.90. The highest BCUT2D eigenvalue weighted by atomic mass is 35.5. The molecule has 0 spiro atoms. The van der Waals surface area contributed by atoms with E-state index in [0.717, 1.165) is 19.3 Å². The first-order valence-corrected chi connectivity index (χ1v) is 7.42. The van der Waals surface area contributed by atoms with E-state index in [1.54, 1.807) is 0 Å². The summed E-state index contributed by atoms with van der Waals surface area (Å²) in [6, 6.07) is 0. The number of alkyl halides is 2. The van der Waals surface area contributed by atoms with E-state index in [-0.39, 0.29) is 0 Å². The lowest BCUT2D eigenvalue weighted by atomic mass is 9.88. The molecule has 0 aromatic heterocycles. The van der Waals surface area contributed by atoms with Crippen LogP contribution in [-0.4, -0.2) is 19.4 Å². The predicted octanol–water partition coefficient (Wildman–Crippen LogP) is 3.84. The lowest BCUT2D eigenvalue weighted by Crippen LogP contribution is -2.13. The number of rotatable bonds is 8. The monoisotopic (exact) mass is 274 g/mol. The molecule has 1 N–H and O–H groups in total. The first-order valence-electron chi connectivity index (χ1n) is 5.28. The summed E-state index contributed by atoms with van der Waals surface area (Å²) >= 11 is 9.42. The Morgan fingerprint density at radius 3 is 2.20 bits per heavy atom. The third kappa shape index (κ3) is 7.56. The summed E-state index contributed by atoms with van der Waals surface area (Å²) in [6.07, 6.45) is 3.63. The lowest BCUT2D eigenvalue weighted by Gasteiger charge is -2.19. The highest BCUT2D eigenvalue weighted by molar-refractivity contribution is 7.81. The second-order valence-corrected chi connectivity index (χ2v) is 6.33. The molecular weight excluding hydrogens is 255 g/mol. The predicted molar refractivity (Wildman–Crippen MR) is 67.9 cm³/mol. The molecule has 4 atom stereocenters. The van der Waals surface area contributed by atoms with E-state index in [2.05, 4.69) is 13.8 Å². The molecule has 0 aliphatic carbocycles. The van der Waals surface area contributed by atoms with Gasteiger partial charge in [0.2, 0.25) is 0 Å². The van der Waals surface area contributed by atoms with E-state index in [4.69, 9.17) is 27.8 Å². The average Bonchev–Trinajstić information content (AvgIpc) is 2.21. The van der Waals surface area contributed by atoms with Gasteiger partial charge in [-0.25, -0.2) is 4.21 Å². The van der Waals surface area contributed by atoms with Gasteiger partial charge in [-0.15, -0.1) is 23.2 Å². The highest BCUT2D eigenvalue weighted by Crippen LogP contribution is 2.23. The normalized spacial score (nSPS) is 19.5. The van der Waals surface area contributed by atoms with Crippen molar-refractivity contribution in [3.8, 4) is 0 Å². The quantitative estimate of drug-likeness (QED) is 0.539. The van der Waals surface area contributed by atoms with Gasteiger partial charge in [0.05, 0.1) is 0 Å². The molecule has 4 unspecified atom stereocenters. The van der Waals surface area contributed by atoms with Crippen LogP contribution in [0, 0.1) is 11.8 Å². The van der Waals surface area contributed by atoms with Crippen LogP contribution >= 0.6 is 23.2 Å². The number of halogens is 2. The van der Waals surface area contributed by atoms with Crippen molar-refractivity contribution in [3.63, 3.8) is 0 Å². The van der Waals surface area contributed by atoms with Crippen molar-refractivity contribution in [2.75, 3.05) is 5.88 Å². The van der Waals surface area contributed by atoms with Gasteiger partial charge in [-0.3, -0.25) is 0 Å². The molecule has 0 aliphatic rings. The van der Waals surface area contributed by atoms with Crippen molar-refractivity contribution in [2.45, 2.75) is 44.2 Å². The Morgan fingerprint density at radius 2 is 1.73 bits per heavy atom. The van der Waals surface area contributed by atoms with Gasteiger partial charge in [0.25, 0.3) is 0 Å². The standard InChI is InChI=1S/C10H20Cl2O2S/c1-8(4-3-7-11)9(2)5-6-10(12)15(13)14/h8-10H,3-7H2,1-2H3,(H,13,14). The molecule has 0 radical (unpaired) electrons. The molecular formula is C10H20Cl2O2S. The van der Waals surface area contributed by atoms with Crippen LogP contribution in [0.25, 0.3) is 0 Å². The van der Waals surface area contributed by atoms with E-state index in [9.17, 15) is 4.21 Å². The SMILES string of the molecule is CC(CCCCl)C(C)CCC(Cl)S(=O)O. The molecule has 0 heterocycles. The van der Waals surface area contributed by atoms with Crippen molar-refractivity contribution < 1.29 is 8.76 Å². The van der Waals surface area contributed by atoms with Crippen LogP contribution in [0.5, 0.6) is 0 Å². The van der Waals surface area contributed by atoms with Crippen LogP contribution in [0.3, 0.4) is 0 Å². The number of hydrogen-bond donors (Lipinski definition) is 1. The molecule has 0 aromatic carbocycles. The van der Waals surface area contributed by atoms with Crippen LogP contribution < -0.4 is 0 Å².